The number of pyridine rings is 1. The molecule has 11 heteroatoms. The zero-order valence-electron chi connectivity index (χ0n) is 14.2. The normalized spacial score (nSPS) is 11.4. The van der Waals surface area contributed by atoms with Crippen LogP contribution in [0.3, 0.4) is 0 Å². The van der Waals surface area contributed by atoms with E-state index in [0.717, 1.165) is 4.47 Å². The Morgan fingerprint density at radius 1 is 1.30 bits per heavy atom. The van der Waals surface area contributed by atoms with Crippen LogP contribution in [0, 0.1) is 10.1 Å². The molecule has 0 bridgehead atoms. The summed E-state index contributed by atoms with van der Waals surface area (Å²) in [6.45, 7) is -0.262. The number of nitrogens with two attached hydrogens (primary N) is 2. The maximum Gasteiger partial charge on any atom is 0.514 e. The Labute approximate surface area is 162 Å². The van der Waals surface area contributed by atoms with Crippen LogP contribution in [-0.2, 0) is 4.74 Å². The van der Waals surface area contributed by atoms with Gasteiger partial charge >= 0.3 is 6.16 Å². The van der Waals surface area contributed by atoms with Gasteiger partial charge < -0.3 is 20.2 Å². The molecule has 0 saturated heterocycles. The molecule has 10 nitrogen and oxygen atoms in total. The molecule has 0 fully saturated rings. The quantitative estimate of drug-likeness (QED) is 0.228. The van der Waals surface area contributed by atoms with Crippen LogP contribution in [0.5, 0.6) is 5.75 Å². The second-order valence-electron chi connectivity index (χ2n) is 5.22. The Hall–Kier alpha value is -3.18. The monoisotopic (exact) mass is 437 g/mol. The van der Waals surface area contributed by atoms with Gasteiger partial charge in [0.15, 0.2) is 0 Å². The second kappa shape index (κ2) is 8.96. The number of ether oxygens (including phenoxy) is 2. The first-order chi connectivity index (χ1) is 12.8. The number of non-ortho nitro benzene ring substituents is 1. The summed E-state index contributed by atoms with van der Waals surface area (Å²) >= 11 is 3.28. The van der Waals surface area contributed by atoms with Gasteiger partial charge in [-0.05, 0) is 40.2 Å². The molecular formula is C16H16BrN5O5. The van der Waals surface area contributed by atoms with Crippen molar-refractivity contribution in [1.29, 1.82) is 0 Å². The van der Waals surface area contributed by atoms with Gasteiger partial charge in [-0.15, -0.1) is 0 Å². The number of carbonyl (C=O) groups is 1. The molecule has 0 amide bonds. The van der Waals surface area contributed by atoms with E-state index in [1.165, 1.54) is 36.3 Å². The predicted molar refractivity (Wildman–Crippen MR) is 100 cm³/mol. The average Bonchev–Trinajstić information content (AvgIpc) is 2.62. The first-order valence-corrected chi connectivity index (χ1v) is 8.25. The molecule has 1 aromatic carbocycles. The van der Waals surface area contributed by atoms with E-state index in [-0.39, 0.29) is 23.7 Å². The molecule has 0 unspecified atom stereocenters. The Morgan fingerprint density at radius 2 is 1.96 bits per heavy atom. The van der Waals surface area contributed by atoms with E-state index in [9.17, 15) is 14.9 Å². The third kappa shape index (κ3) is 5.66. The molecule has 2 aromatic rings. The van der Waals surface area contributed by atoms with Gasteiger partial charge in [0.1, 0.15) is 12.4 Å². The standard InChI is InChI=1S/C16H16BrN5O5/c1-21(19)14(15(18)13-7-2-10(17)8-20-13)9-26-16(23)27-12-5-3-11(4-6-12)22(24)25/h2-8H,9,18-19H2,1H3/b15-14-. The zero-order chi connectivity index (χ0) is 20.0. The van der Waals surface area contributed by atoms with Gasteiger partial charge in [0.25, 0.3) is 5.69 Å². The van der Waals surface area contributed by atoms with Gasteiger partial charge in [-0.25, -0.2) is 10.6 Å². The maximum absolute atomic E-state index is 11.8. The van der Waals surface area contributed by atoms with E-state index in [1.54, 1.807) is 18.3 Å². The zero-order valence-corrected chi connectivity index (χ0v) is 15.8. The fourth-order valence-corrected chi connectivity index (χ4v) is 2.18. The lowest BCUT2D eigenvalue weighted by Crippen LogP contribution is -2.31. The van der Waals surface area contributed by atoms with Gasteiger partial charge in [0, 0.05) is 29.8 Å². The van der Waals surface area contributed by atoms with E-state index in [2.05, 4.69) is 20.9 Å². The summed E-state index contributed by atoms with van der Waals surface area (Å²) < 4.78 is 10.8. The molecule has 0 saturated carbocycles. The molecule has 0 aliphatic rings. The van der Waals surface area contributed by atoms with Gasteiger partial charge in [-0.3, -0.25) is 15.1 Å². The molecule has 0 radical (unpaired) electrons. The van der Waals surface area contributed by atoms with Crippen LogP contribution >= 0.6 is 15.9 Å². The molecule has 142 valence electrons. The molecular weight excluding hydrogens is 422 g/mol. The lowest BCUT2D eigenvalue weighted by molar-refractivity contribution is -0.384. The number of halogens is 1. The highest BCUT2D eigenvalue weighted by molar-refractivity contribution is 9.10. The smallest absolute Gasteiger partial charge is 0.427 e. The number of benzene rings is 1. The number of hydrogen-bond donors (Lipinski definition) is 2. The van der Waals surface area contributed by atoms with Crippen LogP contribution in [0.2, 0.25) is 0 Å². The predicted octanol–water partition coefficient (Wildman–Crippen LogP) is 2.40. The summed E-state index contributed by atoms with van der Waals surface area (Å²) in [6, 6.07) is 8.42. The number of likely N-dealkylation sites (N-methyl/N-ethyl adjacent to an activating group) is 1. The molecule has 1 heterocycles. The molecule has 1 aromatic heterocycles. The van der Waals surface area contributed by atoms with Crippen LogP contribution in [0.15, 0.2) is 52.8 Å². The van der Waals surface area contributed by atoms with Crippen molar-refractivity contribution in [1.82, 2.24) is 9.99 Å². The highest BCUT2D eigenvalue weighted by Crippen LogP contribution is 2.19. The van der Waals surface area contributed by atoms with Gasteiger partial charge in [-0.2, -0.15) is 0 Å². The number of hydrogen-bond acceptors (Lipinski definition) is 9. The maximum atomic E-state index is 11.8. The topological polar surface area (TPSA) is 147 Å². The third-order valence-electron chi connectivity index (χ3n) is 3.32. The van der Waals surface area contributed by atoms with Crippen molar-refractivity contribution in [2.45, 2.75) is 0 Å². The van der Waals surface area contributed by atoms with Gasteiger partial charge in [-0.1, -0.05) is 0 Å². The van der Waals surface area contributed by atoms with Crippen molar-refractivity contribution >= 4 is 33.5 Å². The van der Waals surface area contributed by atoms with E-state index in [4.69, 9.17) is 21.1 Å². The summed E-state index contributed by atoms with van der Waals surface area (Å²) in [5.74, 6) is 5.85. The van der Waals surface area contributed by atoms with Crippen LogP contribution in [0.25, 0.3) is 5.70 Å². The van der Waals surface area contributed by atoms with Crippen molar-refractivity contribution in [3.05, 3.63) is 68.6 Å². The van der Waals surface area contributed by atoms with E-state index in [0.29, 0.717) is 11.4 Å². The molecule has 0 spiro atoms. The SMILES string of the molecule is CN(N)/C(COC(=O)Oc1ccc([N+](=O)[O-])cc1)=C(\N)c1ccc(Br)cn1. The minimum Gasteiger partial charge on any atom is -0.427 e. The van der Waals surface area contributed by atoms with Crippen molar-refractivity contribution in [3.8, 4) is 5.75 Å². The molecule has 27 heavy (non-hydrogen) atoms. The minimum atomic E-state index is -1.01. The third-order valence-corrected chi connectivity index (χ3v) is 3.78. The average molecular weight is 438 g/mol. The van der Waals surface area contributed by atoms with Crippen molar-refractivity contribution in [3.63, 3.8) is 0 Å². The highest BCUT2D eigenvalue weighted by Gasteiger charge is 2.15. The van der Waals surface area contributed by atoms with E-state index < -0.39 is 11.1 Å². The van der Waals surface area contributed by atoms with Gasteiger partial charge in [0.05, 0.1) is 22.0 Å². The van der Waals surface area contributed by atoms with Crippen molar-refractivity contribution in [2.24, 2.45) is 11.6 Å². The number of nitro benzene ring substituents is 1. The largest absolute Gasteiger partial charge is 0.514 e. The number of rotatable bonds is 6. The lowest BCUT2D eigenvalue weighted by atomic mass is 10.2. The Balaban J connectivity index is 2.04. The Kier molecular flexibility index (Phi) is 6.68. The molecule has 0 aliphatic heterocycles. The Bertz CT molecular complexity index is 853. The van der Waals surface area contributed by atoms with Crippen LogP contribution in [0.4, 0.5) is 10.5 Å². The fraction of sp³-hybridized carbons (Fsp3) is 0.125. The first kappa shape index (κ1) is 20.1. The van der Waals surface area contributed by atoms with Crippen molar-refractivity contribution < 1.29 is 19.2 Å². The second-order valence-corrected chi connectivity index (χ2v) is 6.14. The number of nitro groups is 1. The summed E-state index contributed by atoms with van der Waals surface area (Å²) in [7, 11) is 1.53. The summed E-state index contributed by atoms with van der Waals surface area (Å²) in [6.07, 6.45) is 0.555. The Morgan fingerprint density at radius 3 is 2.48 bits per heavy atom. The summed E-state index contributed by atoms with van der Waals surface area (Å²) in [5.41, 5.74) is 6.93. The van der Waals surface area contributed by atoms with E-state index in [1.807, 2.05) is 0 Å². The minimum absolute atomic E-state index is 0.0970. The van der Waals surface area contributed by atoms with Crippen LogP contribution in [-0.4, -0.2) is 34.7 Å². The lowest BCUT2D eigenvalue weighted by Gasteiger charge is -2.19. The summed E-state index contributed by atoms with van der Waals surface area (Å²) in [5, 5.41) is 11.8. The molecule has 0 aliphatic carbocycles. The molecule has 2 rings (SSSR count). The number of nitrogens with zero attached hydrogens (tertiary/aromatic N) is 3. The highest BCUT2D eigenvalue weighted by atomic mass is 79.9. The van der Waals surface area contributed by atoms with Crippen LogP contribution in [0.1, 0.15) is 5.69 Å². The number of carbonyl (C=O) groups excluding carboxylic acids is 1. The van der Waals surface area contributed by atoms with E-state index >= 15 is 0 Å². The summed E-state index contributed by atoms with van der Waals surface area (Å²) in [4.78, 5) is 26.0. The van der Waals surface area contributed by atoms with Gasteiger partial charge in [0.2, 0.25) is 0 Å². The fourth-order valence-electron chi connectivity index (χ4n) is 1.94. The molecule has 0 atom stereocenters. The molecule has 4 N–H and O–H groups in total. The number of hydrazine groups is 1. The number of aromatic nitrogens is 1. The van der Waals surface area contributed by atoms with Crippen molar-refractivity contribution in [2.75, 3.05) is 13.7 Å². The first-order valence-electron chi connectivity index (χ1n) is 7.46. The van der Waals surface area contributed by atoms with Crippen LogP contribution < -0.4 is 16.3 Å².